The largest absolute Gasteiger partial charge is 0.398 e. The SMILES string of the molecule is N=C(c1cc2c(s1)C=CC1CC21)c1cc(C(=O)NCCc2cccs2)ccc1N. The summed E-state index contributed by atoms with van der Waals surface area (Å²) >= 11 is 3.33. The van der Waals surface area contributed by atoms with Gasteiger partial charge in [0.1, 0.15) is 0 Å². The van der Waals surface area contributed by atoms with Crippen LogP contribution in [0.15, 0.2) is 47.9 Å². The van der Waals surface area contributed by atoms with Crippen LogP contribution in [0.5, 0.6) is 0 Å². The zero-order chi connectivity index (χ0) is 20.0. The van der Waals surface area contributed by atoms with Crippen molar-refractivity contribution in [2.24, 2.45) is 5.92 Å². The Morgan fingerprint density at radius 3 is 3.00 bits per heavy atom. The molecule has 6 heteroatoms. The lowest BCUT2D eigenvalue weighted by Gasteiger charge is -2.10. The number of fused-ring (bicyclic) bond motifs is 3. The number of carbonyl (C=O) groups is 1. The van der Waals surface area contributed by atoms with Gasteiger partial charge in [0, 0.05) is 33.1 Å². The van der Waals surface area contributed by atoms with Crippen LogP contribution in [0.1, 0.15) is 48.5 Å². The van der Waals surface area contributed by atoms with E-state index in [0.29, 0.717) is 40.9 Å². The molecule has 2 aliphatic rings. The fourth-order valence-corrected chi connectivity index (χ4v) is 5.68. The van der Waals surface area contributed by atoms with Crippen molar-refractivity contribution in [3.63, 3.8) is 0 Å². The average molecular weight is 420 g/mol. The number of carbonyl (C=O) groups excluding carboxylic acids is 1. The van der Waals surface area contributed by atoms with E-state index in [4.69, 9.17) is 11.1 Å². The van der Waals surface area contributed by atoms with Crippen molar-refractivity contribution >= 4 is 46.1 Å². The average Bonchev–Trinajstić information content (AvgIpc) is 3.13. The maximum Gasteiger partial charge on any atom is 0.251 e. The zero-order valence-corrected chi connectivity index (χ0v) is 17.4. The van der Waals surface area contributed by atoms with Crippen molar-refractivity contribution in [3.05, 3.63) is 79.2 Å². The van der Waals surface area contributed by atoms with Crippen LogP contribution >= 0.6 is 22.7 Å². The summed E-state index contributed by atoms with van der Waals surface area (Å²) in [6.45, 7) is 0.586. The molecule has 4 N–H and O–H groups in total. The van der Waals surface area contributed by atoms with Crippen LogP contribution in [0.4, 0.5) is 5.69 Å². The molecule has 1 amide bonds. The molecule has 0 radical (unpaired) electrons. The van der Waals surface area contributed by atoms with E-state index >= 15 is 0 Å². The predicted molar refractivity (Wildman–Crippen MR) is 121 cm³/mol. The van der Waals surface area contributed by atoms with E-state index in [1.54, 1.807) is 40.9 Å². The van der Waals surface area contributed by atoms with Gasteiger partial charge in [-0.15, -0.1) is 22.7 Å². The topological polar surface area (TPSA) is 79.0 Å². The molecular formula is C23H21N3OS2. The molecule has 2 aromatic heterocycles. The van der Waals surface area contributed by atoms with Gasteiger partial charge in [-0.1, -0.05) is 12.1 Å². The molecule has 2 atom stereocenters. The Bertz CT molecular complexity index is 1130. The molecule has 2 unspecified atom stereocenters. The van der Waals surface area contributed by atoms with Crippen molar-refractivity contribution in [3.8, 4) is 0 Å². The minimum atomic E-state index is -0.134. The summed E-state index contributed by atoms with van der Waals surface area (Å²) in [5.41, 5.74) is 9.60. The minimum absolute atomic E-state index is 0.134. The van der Waals surface area contributed by atoms with Gasteiger partial charge in [0.15, 0.2) is 0 Å². The molecule has 5 rings (SSSR count). The Kier molecular flexibility index (Phi) is 4.60. The number of hydrogen-bond donors (Lipinski definition) is 3. The van der Waals surface area contributed by atoms with Gasteiger partial charge in [-0.3, -0.25) is 10.2 Å². The summed E-state index contributed by atoms with van der Waals surface area (Å²) in [5, 5.41) is 13.7. The molecule has 0 spiro atoms. The van der Waals surface area contributed by atoms with Gasteiger partial charge in [0.25, 0.3) is 5.91 Å². The lowest BCUT2D eigenvalue weighted by molar-refractivity contribution is 0.0954. The summed E-state index contributed by atoms with van der Waals surface area (Å²) in [7, 11) is 0. The summed E-state index contributed by atoms with van der Waals surface area (Å²) in [6, 6.07) is 11.4. The second-order valence-electron chi connectivity index (χ2n) is 7.56. The molecule has 1 aromatic carbocycles. The second-order valence-corrected chi connectivity index (χ2v) is 9.67. The molecule has 29 heavy (non-hydrogen) atoms. The van der Waals surface area contributed by atoms with Crippen molar-refractivity contribution in [2.75, 3.05) is 12.3 Å². The summed E-state index contributed by atoms with van der Waals surface area (Å²) in [5.74, 6) is 1.18. The van der Waals surface area contributed by atoms with Gasteiger partial charge in [-0.05, 0) is 72.0 Å². The molecule has 0 saturated heterocycles. The first-order valence-electron chi connectivity index (χ1n) is 9.71. The van der Waals surface area contributed by atoms with Crippen molar-refractivity contribution in [1.29, 1.82) is 5.41 Å². The number of anilines is 1. The monoisotopic (exact) mass is 419 g/mol. The highest BCUT2D eigenvalue weighted by Crippen LogP contribution is 2.54. The first-order valence-corrected chi connectivity index (χ1v) is 11.4. The maximum atomic E-state index is 12.6. The maximum absolute atomic E-state index is 12.6. The smallest absolute Gasteiger partial charge is 0.251 e. The van der Waals surface area contributed by atoms with Gasteiger partial charge in [-0.25, -0.2) is 0 Å². The molecule has 3 aromatic rings. The van der Waals surface area contributed by atoms with E-state index < -0.39 is 0 Å². The third kappa shape index (κ3) is 3.54. The van der Waals surface area contributed by atoms with Crippen LogP contribution in [-0.4, -0.2) is 18.2 Å². The van der Waals surface area contributed by atoms with Crippen molar-refractivity contribution in [2.45, 2.75) is 18.8 Å². The molecule has 146 valence electrons. The van der Waals surface area contributed by atoms with Gasteiger partial charge >= 0.3 is 0 Å². The minimum Gasteiger partial charge on any atom is -0.398 e. The van der Waals surface area contributed by atoms with Crippen LogP contribution in [-0.2, 0) is 6.42 Å². The number of allylic oxidation sites excluding steroid dienone is 1. The lowest BCUT2D eigenvalue weighted by Crippen LogP contribution is -2.25. The highest BCUT2D eigenvalue weighted by atomic mass is 32.1. The Morgan fingerprint density at radius 2 is 2.17 bits per heavy atom. The molecule has 0 bridgehead atoms. The first-order chi connectivity index (χ1) is 14.1. The lowest BCUT2D eigenvalue weighted by atomic mass is 10.0. The van der Waals surface area contributed by atoms with E-state index in [9.17, 15) is 4.79 Å². The number of thiophene rings is 2. The third-order valence-corrected chi connectivity index (χ3v) is 7.66. The van der Waals surface area contributed by atoms with Gasteiger partial charge in [-0.2, -0.15) is 0 Å². The number of hydrogen-bond acceptors (Lipinski definition) is 5. The molecule has 1 saturated carbocycles. The summed E-state index contributed by atoms with van der Waals surface area (Å²) in [6.07, 6.45) is 6.51. The Morgan fingerprint density at radius 1 is 1.28 bits per heavy atom. The molecule has 1 fully saturated rings. The normalized spacial score (nSPS) is 18.8. The first kappa shape index (κ1) is 18.3. The molecular weight excluding hydrogens is 398 g/mol. The Balaban J connectivity index is 1.33. The number of nitrogens with one attached hydrogen (secondary N) is 2. The quantitative estimate of drug-likeness (QED) is 0.392. The van der Waals surface area contributed by atoms with Crippen molar-refractivity contribution < 1.29 is 4.79 Å². The molecule has 0 aliphatic heterocycles. The fraction of sp³-hybridized carbons (Fsp3) is 0.217. The predicted octanol–water partition coefficient (Wildman–Crippen LogP) is 4.91. The Hall–Kier alpha value is -2.70. The molecule has 2 heterocycles. The molecule has 2 aliphatic carbocycles. The summed E-state index contributed by atoms with van der Waals surface area (Å²) in [4.78, 5) is 16.0. The van der Waals surface area contributed by atoms with Crippen molar-refractivity contribution in [1.82, 2.24) is 5.32 Å². The zero-order valence-electron chi connectivity index (χ0n) is 15.8. The second kappa shape index (κ2) is 7.28. The number of nitrogens with two attached hydrogens (primary N) is 1. The third-order valence-electron chi connectivity index (χ3n) is 5.59. The van der Waals surface area contributed by atoms with Crippen LogP contribution in [0.3, 0.4) is 0 Å². The Labute approximate surface area is 177 Å². The van der Waals surface area contributed by atoms with E-state index in [-0.39, 0.29) is 5.91 Å². The highest BCUT2D eigenvalue weighted by molar-refractivity contribution is 7.15. The summed E-state index contributed by atoms with van der Waals surface area (Å²) < 4.78 is 0. The highest BCUT2D eigenvalue weighted by Gasteiger charge is 2.40. The van der Waals surface area contributed by atoms with Crippen LogP contribution in [0.2, 0.25) is 0 Å². The van der Waals surface area contributed by atoms with Gasteiger partial charge < -0.3 is 11.1 Å². The number of benzene rings is 1. The van der Waals surface area contributed by atoms with E-state index in [1.807, 2.05) is 11.4 Å². The van der Waals surface area contributed by atoms with E-state index in [0.717, 1.165) is 11.3 Å². The number of nitrogen functional groups attached to an aromatic ring is 1. The van der Waals surface area contributed by atoms with Crippen LogP contribution < -0.4 is 11.1 Å². The van der Waals surface area contributed by atoms with Gasteiger partial charge in [0.05, 0.1) is 10.6 Å². The standard InChI is InChI=1S/C23H21N3OS2/c24-19-5-3-14(23(27)26-8-7-15-2-1-9-28-15)11-18(19)22(25)21-12-17-16-10-13(16)4-6-20(17)29-21/h1-6,9,11-13,16,25H,7-8,10,24H2,(H,26,27). The van der Waals surface area contributed by atoms with E-state index in [2.05, 4.69) is 29.6 Å². The number of amides is 1. The molecule has 4 nitrogen and oxygen atoms in total. The van der Waals surface area contributed by atoms with Crippen LogP contribution in [0, 0.1) is 11.3 Å². The number of rotatable bonds is 6. The van der Waals surface area contributed by atoms with Crippen LogP contribution in [0.25, 0.3) is 6.08 Å². The van der Waals surface area contributed by atoms with E-state index in [1.165, 1.54) is 21.7 Å². The fourth-order valence-electron chi connectivity index (χ4n) is 3.86. The van der Waals surface area contributed by atoms with Gasteiger partial charge in [0.2, 0.25) is 0 Å².